The lowest BCUT2D eigenvalue weighted by Crippen LogP contribution is -2.54. The summed E-state index contributed by atoms with van der Waals surface area (Å²) in [6, 6.07) is -0.306. The number of hydrogen-bond donors (Lipinski definition) is 1. The summed E-state index contributed by atoms with van der Waals surface area (Å²) < 4.78 is 0. The predicted octanol–water partition coefficient (Wildman–Crippen LogP) is 1.42. The third kappa shape index (κ3) is 3.84. The second-order valence-corrected chi connectivity index (χ2v) is 6.19. The van der Waals surface area contributed by atoms with Crippen molar-refractivity contribution >= 4 is 17.7 Å². The largest absolute Gasteiger partial charge is 0.376 e. The van der Waals surface area contributed by atoms with Crippen LogP contribution in [0, 0.1) is 0 Å². The van der Waals surface area contributed by atoms with Crippen molar-refractivity contribution in [1.29, 1.82) is 0 Å². The van der Waals surface area contributed by atoms with Gasteiger partial charge in [0.15, 0.2) is 0 Å². The minimum atomic E-state index is -0.644. The lowest BCUT2D eigenvalue weighted by atomic mass is 10.0. The van der Waals surface area contributed by atoms with E-state index in [0.29, 0.717) is 13.0 Å². The first-order chi connectivity index (χ1) is 9.24. The molecule has 0 saturated carbocycles. The first-order valence-electron chi connectivity index (χ1n) is 7.20. The number of aliphatic hydroxyl groups is 1. The van der Waals surface area contributed by atoms with Crippen LogP contribution in [-0.4, -0.2) is 58.0 Å². The Morgan fingerprint density at radius 1 is 1.47 bits per heavy atom. The van der Waals surface area contributed by atoms with Crippen molar-refractivity contribution in [3.8, 4) is 0 Å². The van der Waals surface area contributed by atoms with Crippen LogP contribution in [0.3, 0.4) is 0 Å². The van der Waals surface area contributed by atoms with Crippen LogP contribution in [0.25, 0.3) is 0 Å². The van der Waals surface area contributed by atoms with Gasteiger partial charge in [-0.3, -0.25) is 9.63 Å². The molecular formula is C13H24N2O3S. The summed E-state index contributed by atoms with van der Waals surface area (Å²) in [7, 11) is 0. The fraction of sp³-hybridized carbons (Fsp3) is 0.923. The van der Waals surface area contributed by atoms with Gasteiger partial charge in [0.2, 0.25) is 5.91 Å². The number of rotatable bonds is 5. The van der Waals surface area contributed by atoms with Crippen molar-refractivity contribution < 1.29 is 14.7 Å². The van der Waals surface area contributed by atoms with Gasteiger partial charge < -0.3 is 10.0 Å². The Morgan fingerprint density at radius 3 is 3.00 bits per heavy atom. The van der Waals surface area contributed by atoms with E-state index in [1.165, 1.54) is 0 Å². The molecule has 0 aliphatic carbocycles. The Balaban J connectivity index is 1.95. The van der Waals surface area contributed by atoms with Crippen LogP contribution in [-0.2, 0) is 9.63 Å². The lowest BCUT2D eigenvalue weighted by Gasteiger charge is -2.38. The summed E-state index contributed by atoms with van der Waals surface area (Å²) in [6.45, 7) is 3.49. The third-order valence-corrected chi connectivity index (χ3v) is 4.59. The molecule has 0 aromatic heterocycles. The number of amides is 1. The molecule has 5 nitrogen and oxygen atoms in total. The van der Waals surface area contributed by atoms with Crippen LogP contribution >= 0.6 is 11.8 Å². The maximum Gasteiger partial charge on any atom is 0.243 e. The normalized spacial score (nSPS) is 28.8. The Hall–Kier alpha value is -0.300. The van der Waals surface area contributed by atoms with E-state index in [4.69, 9.17) is 4.84 Å². The van der Waals surface area contributed by atoms with Crippen LogP contribution in [0.2, 0.25) is 0 Å². The number of unbranched alkanes of at least 4 members (excludes halogenated alkanes) is 1. The van der Waals surface area contributed by atoms with E-state index in [1.807, 2.05) is 4.90 Å². The van der Waals surface area contributed by atoms with Gasteiger partial charge in [0.1, 0.15) is 12.3 Å². The fourth-order valence-corrected chi connectivity index (χ4v) is 3.43. The molecule has 0 aromatic rings. The highest BCUT2D eigenvalue weighted by molar-refractivity contribution is 7.99. The number of hydroxylamine groups is 2. The van der Waals surface area contributed by atoms with Crippen molar-refractivity contribution in [1.82, 2.24) is 9.96 Å². The van der Waals surface area contributed by atoms with Gasteiger partial charge in [-0.2, -0.15) is 0 Å². The number of hydrogen-bond acceptors (Lipinski definition) is 5. The van der Waals surface area contributed by atoms with E-state index >= 15 is 0 Å². The van der Waals surface area contributed by atoms with Gasteiger partial charge in [-0.25, -0.2) is 0 Å². The third-order valence-electron chi connectivity index (χ3n) is 3.63. The van der Waals surface area contributed by atoms with E-state index < -0.39 is 6.23 Å². The number of aliphatic hydroxyl groups excluding tert-OH is 1. The van der Waals surface area contributed by atoms with Gasteiger partial charge >= 0.3 is 0 Å². The van der Waals surface area contributed by atoms with E-state index in [2.05, 4.69) is 6.92 Å². The molecular weight excluding hydrogens is 264 g/mol. The summed E-state index contributed by atoms with van der Waals surface area (Å²) >= 11 is 1.78. The van der Waals surface area contributed by atoms with Crippen LogP contribution in [0.1, 0.15) is 39.0 Å². The van der Waals surface area contributed by atoms with Crippen molar-refractivity contribution in [2.24, 2.45) is 0 Å². The molecule has 1 amide bonds. The van der Waals surface area contributed by atoms with E-state index in [-0.39, 0.29) is 11.9 Å². The van der Waals surface area contributed by atoms with Crippen molar-refractivity contribution in [3.05, 3.63) is 0 Å². The average Bonchev–Trinajstić information content (AvgIpc) is 2.94. The Labute approximate surface area is 119 Å². The molecule has 2 aliphatic rings. The Bertz CT molecular complexity index is 298. The topological polar surface area (TPSA) is 53.0 Å². The van der Waals surface area contributed by atoms with Gasteiger partial charge in [-0.15, -0.1) is 16.8 Å². The number of carbonyl (C=O) groups excluding carboxylic acids is 1. The molecule has 2 heterocycles. The molecule has 2 saturated heterocycles. The van der Waals surface area contributed by atoms with Crippen molar-refractivity contribution in [2.45, 2.75) is 51.3 Å². The summed E-state index contributed by atoms with van der Waals surface area (Å²) in [5, 5.41) is 11.6. The zero-order chi connectivity index (χ0) is 13.7. The molecule has 0 radical (unpaired) electrons. The van der Waals surface area contributed by atoms with Crippen molar-refractivity contribution in [2.75, 3.05) is 24.8 Å². The second kappa shape index (κ2) is 7.47. The molecule has 0 unspecified atom stereocenters. The molecule has 110 valence electrons. The number of thioether (sulfide) groups is 1. The van der Waals surface area contributed by atoms with Gasteiger partial charge in [0.25, 0.3) is 0 Å². The molecule has 19 heavy (non-hydrogen) atoms. The van der Waals surface area contributed by atoms with E-state index in [0.717, 1.165) is 43.9 Å². The van der Waals surface area contributed by atoms with Crippen LogP contribution in [0.5, 0.6) is 0 Å². The summed E-state index contributed by atoms with van der Waals surface area (Å²) in [5.41, 5.74) is 0. The standard InChI is InChI=1S/C13H24N2O3S/c1-2-3-8-18-15-11(5-4-6-12(15)16)13(17)14-7-9-19-10-14/h11-12,16H,2-10H2,1H3/t11-,12-/m1/s1. The summed E-state index contributed by atoms with van der Waals surface area (Å²) in [4.78, 5) is 20.0. The molecule has 1 N–H and O–H groups in total. The summed E-state index contributed by atoms with van der Waals surface area (Å²) in [6.07, 6.45) is 3.70. The quantitative estimate of drug-likeness (QED) is 0.776. The highest BCUT2D eigenvalue weighted by Crippen LogP contribution is 2.25. The SMILES string of the molecule is CCCCON1[C@H](O)CCC[C@@H]1C(=O)N1CCSC1. The number of nitrogens with zero attached hydrogens (tertiary/aromatic N) is 2. The molecule has 0 spiro atoms. The summed E-state index contributed by atoms with van der Waals surface area (Å²) in [5.74, 6) is 1.90. The maximum atomic E-state index is 12.5. The van der Waals surface area contributed by atoms with Gasteiger partial charge in [-0.05, 0) is 25.7 Å². The average molecular weight is 288 g/mol. The minimum Gasteiger partial charge on any atom is -0.376 e. The first kappa shape index (κ1) is 15.1. The molecule has 2 atom stereocenters. The van der Waals surface area contributed by atoms with E-state index in [9.17, 15) is 9.90 Å². The van der Waals surface area contributed by atoms with Crippen molar-refractivity contribution in [3.63, 3.8) is 0 Å². The van der Waals surface area contributed by atoms with Crippen LogP contribution in [0.15, 0.2) is 0 Å². The molecule has 6 heteroatoms. The number of piperidine rings is 1. The van der Waals surface area contributed by atoms with Crippen LogP contribution in [0.4, 0.5) is 0 Å². The predicted molar refractivity (Wildman–Crippen MR) is 75.4 cm³/mol. The Morgan fingerprint density at radius 2 is 2.32 bits per heavy atom. The first-order valence-corrected chi connectivity index (χ1v) is 8.35. The van der Waals surface area contributed by atoms with Gasteiger partial charge in [0, 0.05) is 12.3 Å². The van der Waals surface area contributed by atoms with Gasteiger partial charge in [0.05, 0.1) is 12.5 Å². The monoisotopic (exact) mass is 288 g/mol. The molecule has 2 aliphatic heterocycles. The van der Waals surface area contributed by atoms with Gasteiger partial charge in [-0.1, -0.05) is 13.3 Å². The Kier molecular flexibility index (Phi) is 5.94. The highest BCUT2D eigenvalue weighted by atomic mass is 32.2. The maximum absolute atomic E-state index is 12.5. The highest BCUT2D eigenvalue weighted by Gasteiger charge is 2.38. The zero-order valence-corrected chi connectivity index (χ0v) is 12.4. The number of carbonyl (C=O) groups is 1. The molecule has 0 aromatic carbocycles. The zero-order valence-electron chi connectivity index (χ0n) is 11.6. The molecule has 0 bridgehead atoms. The minimum absolute atomic E-state index is 0.111. The second-order valence-electron chi connectivity index (χ2n) is 5.11. The molecule has 2 rings (SSSR count). The lowest BCUT2D eigenvalue weighted by molar-refractivity contribution is -0.272. The van der Waals surface area contributed by atoms with Crippen LogP contribution < -0.4 is 0 Å². The van der Waals surface area contributed by atoms with E-state index in [1.54, 1.807) is 16.8 Å². The molecule has 2 fully saturated rings. The smallest absolute Gasteiger partial charge is 0.243 e. The fourth-order valence-electron chi connectivity index (χ4n) is 2.48.